The van der Waals surface area contributed by atoms with Gasteiger partial charge in [-0.05, 0) is 18.2 Å². The van der Waals surface area contributed by atoms with Gasteiger partial charge in [-0.2, -0.15) is 0 Å². The Labute approximate surface area is 124 Å². The molecule has 0 radical (unpaired) electrons. The van der Waals surface area contributed by atoms with Crippen LogP contribution < -0.4 is 15.8 Å². The zero-order valence-electron chi connectivity index (χ0n) is 10.8. The number of halogens is 1. The highest BCUT2D eigenvalue weighted by Crippen LogP contribution is 2.21. The van der Waals surface area contributed by atoms with Crippen LogP contribution in [0.25, 0.3) is 0 Å². The van der Waals surface area contributed by atoms with Crippen LogP contribution in [0.2, 0.25) is 0 Å². The quantitative estimate of drug-likeness (QED) is 0.786. The first-order chi connectivity index (χ1) is 9.74. The van der Waals surface area contributed by atoms with Gasteiger partial charge >= 0.3 is 0 Å². The summed E-state index contributed by atoms with van der Waals surface area (Å²) in [5.74, 6) is -1.28. The smallest absolute Gasteiger partial charge is 0.275 e. The van der Waals surface area contributed by atoms with Gasteiger partial charge in [0.15, 0.2) is 5.13 Å². The van der Waals surface area contributed by atoms with Crippen LogP contribution in [-0.2, 0) is 10.0 Å². The Morgan fingerprint density at radius 1 is 1.43 bits per heavy atom. The third-order valence-corrected chi connectivity index (χ3v) is 3.54. The van der Waals surface area contributed by atoms with Gasteiger partial charge in [0.1, 0.15) is 11.5 Å². The largest absolute Gasteiger partial charge is 0.375 e. The highest BCUT2D eigenvalue weighted by Gasteiger charge is 2.13. The van der Waals surface area contributed by atoms with Crippen LogP contribution in [0.4, 0.5) is 20.9 Å². The van der Waals surface area contributed by atoms with E-state index >= 15 is 0 Å². The fraction of sp³-hybridized carbons (Fsp3) is 0.0909. The number of nitrogens with one attached hydrogen (secondary N) is 2. The number of nitrogen functional groups attached to an aromatic ring is 1. The number of carbonyl (C=O) groups is 1. The maximum absolute atomic E-state index is 13.5. The summed E-state index contributed by atoms with van der Waals surface area (Å²) in [6.45, 7) is 0. The van der Waals surface area contributed by atoms with Crippen LogP contribution in [0.1, 0.15) is 10.5 Å². The Bertz CT molecular complexity index is 789. The van der Waals surface area contributed by atoms with Crippen LogP contribution in [0, 0.1) is 5.82 Å². The summed E-state index contributed by atoms with van der Waals surface area (Å²) >= 11 is 1.11. The van der Waals surface area contributed by atoms with E-state index in [2.05, 4.69) is 10.3 Å². The topological polar surface area (TPSA) is 114 Å². The Hall–Kier alpha value is -2.20. The van der Waals surface area contributed by atoms with Crippen LogP contribution in [0.15, 0.2) is 23.6 Å². The fourth-order valence-electron chi connectivity index (χ4n) is 1.47. The molecule has 7 nitrogen and oxygen atoms in total. The van der Waals surface area contributed by atoms with E-state index in [1.54, 1.807) is 0 Å². The van der Waals surface area contributed by atoms with Crippen molar-refractivity contribution >= 4 is 43.8 Å². The number of thiazole rings is 1. The van der Waals surface area contributed by atoms with E-state index in [0.717, 1.165) is 23.7 Å². The molecule has 0 atom stereocenters. The molecular weight excluding hydrogens is 319 g/mol. The van der Waals surface area contributed by atoms with Crippen LogP contribution in [0.5, 0.6) is 0 Å². The molecule has 1 amide bonds. The minimum Gasteiger partial charge on any atom is -0.375 e. The molecule has 0 spiro atoms. The lowest BCUT2D eigenvalue weighted by Gasteiger charge is -2.08. The molecule has 0 aliphatic rings. The van der Waals surface area contributed by atoms with Gasteiger partial charge in [0.25, 0.3) is 5.91 Å². The van der Waals surface area contributed by atoms with Gasteiger partial charge in [0.05, 0.1) is 11.9 Å². The molecule has 1 aromatic carbocycles. The highest BCUT2D eigenvalue weighted by atomic mass is 32.2. The molecule has 0 saturated carbocycles. The number of rotatable bonds is 4. The van der Waals surface area contributed by atoms with E-state index in [4.69, 9.17) is 5.73 Å². The molecule has 4 N–H and O–H groups in total. The first-order valence-electron chi connectivity index (χ1n) is 5.54. The van der Waals surface area contributed by atoms with Gasteiger partial charge in [0.2, 0.25) is 10.0 Å². The lowest BCUT2D eigenvalue weighted by atomic mass is 10.2. The summed E-state index contributed by atoms with van der Waals surface area (Å²) in [7, 11) is -3.62. The van der Waals surface area contributed by atoms with Gasteiger partial charge < -0.3 is 11.1 Å². The lowest BCUT2D eigenvalue weighted by molar-refractivity contribution is 0.102. The Balaban J connectivity index is 2.21. The van der Waals surface area contributed by atoms with Crippen molar-refractivity contribution in [2.24, 2.45) is 0 Å². The minimum atomic E-state index is -3.62. The van der Waals surface area contributed by atoms with Gasteiger partial charge in [-0.3, -0.25) is 9.52 Å². The molecule has 0 aliphatic carbocycles. The predicted octanol–water partition coefficient (Wildman–Crippen LogP) is 1.49. The molecule has 0 saturated heterocycles. The monoisotopic (exact) mass is 330 g/mol. The minimum absolute atomic E-state index is 0.124. The summed E-state index contributed by atoms with van der Waals surface area (Å²) in [6.07, 6.45) is 0.899. The Kier molecular flexibility index (Phi) is 4.09. The van der Waals surface area contributed by atoms with Crippen LogP contribution >= 0.6 is 11.3 Å². The zero-order valence-corrected chi connectivity index (χ0v) is 12.4. The number of benzene rings is 1. The van der Waals surface area contributed by atoms with Gasteiger partial charge in [-0.1, -0.05) is 0 Å². The number of nitrogens with zero attached hydrogens (tertiary/aromatic N) is 1. The van der Waals surface area contributed by atoms with E-state index in [1.807, 2.05) is 4.72 Å². The highest BCUT2D eigenvalue weighted by molar-refractivity contribution is 7.92. The normalized spacial score (nSPS) is 11.1. The van der Waals surface area contributed by atoms with Crippen molar-refractivity contribution in [2.75, 3.05) is 22.0 Å². The number of sulfonamides is 1. The van der Waals surface area contributed by atoms with E-state index < -0.39 is 21.7 Å². The van der Waals surface area contributed by atoms with Crippen molar-refractivity contribution in [3.8, 4) is 0 Å². The first-order valence-corrected chi connectivity index (χ1v) is 8.31. The summed E-state index contributed by atoms with van der Waals surface area (Å²) in [4.78, 5) is 15.7. The first kappa shape index (κ1) is 15.2. The number of hydrogen-bond donors (Lipinski definition) is 3. The SMILES string of the molecule is CS(=O)(=O)Nc1cc(NC(=O)c2csc(N)n2)ccc1F. The molecule has 21 heavy (non-hydrogen) atoms. The van der Waals surface area contributed by atoms with E-state index in [0.29, 0.717) is 0 Å². The van der Waals surface area contributed by atoms with Gasteiger partial charge in [0, 0.05) is 11.1 Å². The summed E-state index contributed by atoms with van der Waals surface area (Å²) in [5, 5.41) is 4.20. The summed E-state index contributed by atoms with van der Waals surface area (Å²) in [5.41, 5.74) is 5.51. The average molecular weight is 330 g/mol. The number of anilines is 3. The van der Waals surface area contributed by atoms with Crippen molar-refractivity contribution in [1.29, 1.82) is 0 Å². The molecule has 10 heteroatoms. The van der Waals surface area contributed by atoms with Crippen molar-refractivity contribution in [2.45, 2.75) is 0 Å². The van der Waals surface area contributed by atoms with E-state index in [-0.39, 0.29) is 22.2 Å². The number of amides is 1. The average Bonchev–Trinajstić information content (AvgIpc) is 2.78. The molecule has 1 heterocycles. The standard InChI is InChI=1S/C11H11FN4O3S2/c1-21(18,19)16-8-4-6(2-3-7(8)12)14-10(17)9-5-20-11(13)15-9/h2-5,16H,1H3,(H2,13,15)(H,14,17). The van der Waals surface area contributed by atoms with Crippen molar-refractivity contribution in [3.05, 3.63) is 35.1 Å². The summed E-state index contributed by atoms with van der Waals surface area (Å²) in [6, 6.07) is 3.51. The molecular formula is C11H11FN4O3S2. The fourth-order valence-corrected chi connectivity index (χ4v) is 2.57. The number of hydrogen-bond acceptors (Lipinski definition) is 6. The second kappa shape index (κ2) is 5.66. The second-order valence-electron chi connectivity index (χ2n) is 4.09. The number of carbonyl (C=O) groups excluding carboxylic acids is 1. The second-order valence-corrected chi connectivity index (χ2v) is 6.73. The van der Waals surface area contributed by atoms with Crippen molar-refractivity contribution in [3.63, 3.8) is 0 Å². The van der Waals surface area contributed by atoms with Gasteiger partial charge in [-0.25, -0.2) is 17.8 Å². The Morgan fingerprint density at radius 3 is 2.71 bits per heavy atom. The van der Waals surface area contributed by atoms with Crippen molar-refractivity contribution in [1.82, 2.24) is 4.98 Å². The molecule has 0 bridgehead atoms. The van der Waals surface area contributed by atoms with E-state index in [1.165, 1.54) is 17.5 Å². The van der Waals surface area contributed by atoms with Gasteiger partial charge in [-0.15, -0.1) is 11.3 Å². The molecule has 0 fully saturated rings. The van der Waals surface area contributed by atoms with Crippen molar-refractivity contribution < 1.29 is 17.6 Å². The van der Waals surface area contributed by atoms with E-state index in [9.17, 15) is 17.6 Å². The molecule has 2 rings (SSSR count). The predicted molar refractivity (Wildman–Crippen MR) is 79.3 cm³/mol. The molecule has 1 aromatic heterocycles. The maximum atomic E-state index is 13.5. The molecule has 0 aliphatic heterocycles. The van der Waals surface area contributed by atoms with Crippen LogP contribution in [0.3, 0.4) is 0 Å². The third kappa shape index (κ3) is 4.13. The number of aromatic nitrogens is 1. The maximum Gasteiger partial charge on any atom is 0.275 e. The Morgan fingerprint density at radius 2 is 2.14 bits per heavy atom. The van der Waals surface area contributed by atoms with Crippen LogP contribution in [-0.4, -0.2) is 25.6 Å². The molecule has 2 aromatic rings. The third-order valence-electron chi connectivity index (χ3n) is 2.27. The zero-order chi connectivity index (χ0) is 15.6. The summed E-state index contributed by atoms with van der Waals surface area (Å²) < 4.78 is 37.8. The number of nitrogens with two attached hydrogens (primary N) is 1. The molecule has 112 valence electrons. The molecule has 0 unspecified atom stereocenters. The lowest BCUT2D eigenvalue weighted by Crippen LogP contribution is -2.14.